The molecule has 0 spiro atoms. The zero-order valence-corrected chi connectivity index (χ0v) is 39.5. The van der Waals surface area contributed by atoms with Crippen molar-refractivity contribution in [3.63, 3.8) is 0 Å². The summed E-state index contributed by atoms with van der Waals surface area (Å²) in [7, 11) is 0. The van der Waals surface area contributed by atoms with Crippen LogP contribution >= 0.6 is 0 Å². The summed E-state index contributed by atoms with van der Waals surface area (Å²) in [6.07, 6.45) is 2.70. The van der Waals surface area contributed by atoms with Crippen molar-refractivity contribution in [2.24, 2.45) is 0 Å². The van der Waals surface area contributed by atoms with Gasteiger partial charge in [-0.05, 0) is 109 Å². The van der Waals surface area contributed by atoms with Gasteiger partial charge < -0.3 is 14.2 Å². The molecular weight excluding hydrogens is 1020 g/mol. The quantitative estimate of drug-likeness (QED) is 0.0485. The minimum absolute atomic E-state index is 0.00112. The molecule has 0 aliphatic rings. The summed E-state index contributed by atoms with van der Waals surface area (Å²) in [5.74, 6) is -12.2. The fourth-order valence-electron chi connectivity index (χ4n) is 8.69. The lowest BCUT2D eigenvalue weighted by molar-refractivity contribution is -0.129. The standard InChI is InChI=1S/C57H27F6N9O6/c1-4-43(73)76-34-13-7-31(8-14-34)70-52-49(67-55(70)46-37(58)19-28(25-64)20-38(46)59)53-51(69-57(48-41(62)23-30(27-66)24-42(48)63)71(53)32-9-15-35(16-10-32)77-44(74)5-2)54-50(52)68-56(47-39(60)21-29(26-65)22-40(47)61)72(54)33-11-17-36(18-12-33)78-45(75)6-3/h4-24H,1-3H2. The van der Waals surface area contributed by atoms with Crippen LogP contribution in [0.3, 0.4) is 0 Å². The van der Waals surface area contributed by atoms with Gasteiger partial charge in [-0.25, -0.2) is 55.7 Å². The summed E-state index contributed by atoms with van der Waals surface area (Å²) in [6, 6.07) is 25.4. The van der Waals surface area contributed by atoms with Crippen LogP contribution in [-0.4, -0.2) is 46.6 Å². The predicted molar refractivity (Wildman–Crippen MR) is 268 cm³/mol. The molecule has 10 rings (SSSR count). The third kappa shape index (κ3) is 8.58. The number of esters is 3. The van der Waals surface area contributed by atoms with Gasteiger partial charge in [-0.15, -0.1) is 0 Å². The molecule has 0 aliphatic carbocycles. The summed E-state index contributed by atoms with van der Waals surface area (Å²) >= 11 is 0. The molecule has 15 nitrogen and oxygen atoms in total. The zero-order chi connectivity index (χ0) is 55.3. The van der Waals surface area contributed by atoms with Crippen molar-refractivity contribution in [3.05, 3.63) is 199 Å². The van der Waals surface area contributed by atoms with Gasteiger partial charge >= 0.3 is 17.9 Å². The molecule has 0 saturated carbocycles. The van der Waals surface area contributed by atoms with E-state index in [1.165, 1.54) is 86.5 Å². The molecule has 0 unspecified atom stereocenters. The zero-order valence-electron chi connectivity index (χ0n) is 39.5. The molecular formula is C57H27F6N9O6. The molecule has 78 heavy (non-hydrogen) atoms. The maximum atomic E-state index is 16.7. The average molecular weight is 1050 g/mol. The first-order valence-electron chi connectivity index (χ1n) is 22.5. The number of aromatic nitrogens is 6. The third-order valence-electron chi connectivity index (χ3n) is 11.9. The van der Waals surface area contributed by atoms with Gasteiger partial charge in [-0.3, -0.25) is 13.7 Å². The van der Waals surface area contributed by atoms with E-state index in [1.54, 1.807) is 18.2 Å². The summed E-state index contributed by atoms with van der Waals surface area (Å²) in [4.78, 5) is 51.4. The Kier molecular flexibility index (Phi) is 12.7. The normalized spacial score (nSPS) is 11.0. The Balaban J connectivity index is 1.49. The van der Waals surface area contributed by atoms with Crippen LogP contribution in [0.15, 0.2) is 147 Å². The van der Waals surface area contributed by atoms with Gasteiger partial charge in [0.25, 0.3) is 0 Å². The summed E-state index contributed by atoms with van der Waals surface area (Å²) in [5, 5.41) is 29.1. The van der Waals surface area contributed by atoms with Crippen LogP contribution in [0.25, 0.3) is 84.3 Å². The van der Waals surface area contributed by atoms with Crippen molar-refractivity contribution in [3.8, 4) is 86.7 Å². The van der Waals surface area contributed by atoms with E-state index in [1.807, 2.05) is 0 Å². The van der Waals surface area contributed by atoms with Crippen LogP contribution < -0.4 is 14.2 Å². The number of benzene rings is 7. The highest BCUT2D eigenvalue weighted by Crippen LogP contribution is 2.46. The molecule has 0 aliphatic heterocycles. The van der Waals surface area contributed by atoms with Crippen molar-refractivity contribution < 1.29 is 54.9 Å². The topological polar surface area (TPSA) is 204 Å². The maximum absolute atomic E-state index is 16.7. The van der Waals surface area contributed by atoms with Crippen molar-refractivity contribution in [1.29, 1.82) is 15.8 Å². The van der Waals surface area contributed by atoms with Gasteiger partial charge in [0.15, 0.2) is 17.5 Å². The second kappa shape index (κ2) is 19.8. The summed E-state index contributed by atoms with van der Waals surface area (Å²) < 4.78 is 120. The number of carbonyl (C=O) groups excluding carboxylic acids is 3. The Morgan fingerprint density at radius 2 is 0.628 bits per heavy atom. The van der Waals surface area contributed by atoms with E-state index >= 15 is 26.3 Å². The molecule has 7 aromatic carbocycles. The van der Waals surface area contributed by atoms with Gasteiger partial charge in [0.05, 0.1) is 51.6 Å². The van der Waals surface area contributed by atoms with Crippen LogP contribution in [0.5, 0.6) is 17.2 Å². The Bertz CT molecular complexity index is 3870. The lowest BCUT2D eigenvalue weighted by Gasteiger charge is -2.14. The number of ether oxygens (including phenoxy) is 3. The number of hydrogen-bond acceptors (Lipinski definition) is 12. The fourth-order valence-corrected chi connectivity index (χ4v) is 8.69. The Morgan fingerprint density at radius 1 is 0.410 bits per heavy atom. The second-order valence-corrected chi connectivity index (χ2v) is 16.5. The molecule has 3 aromatic heterocycles. The molecule has 0 saturated heterocycles. The molecule has 378 valence electrons. The number of nitriles is 3. The number of nitrogens with zero attached hydrogens (tertiary/aromatic N) is 9. The highest BCUT2D eigenvalue weighted by molar-refractivity contribution is 6.22. The fraction of sp³-hybridized carbons (Fsp3) is 0. The average Bonchev–Trinajstić information content (AvgIpc) is 4.34. The molecule has 0 N–H and O–H groups in total. The lowest BCUT2D eigenvalue weighted by atomic mass is 10.1. The Hall–Kier alpha value is -11.4. The highest BCUT2D eigenvalue weighted by atomic mass is 19.2. The molecule has 0 fully saturated rings. The van der Waals surface area contributed by atoms with Gasteiger partial charge in [0, 0.05) is 35.3 Å². The van der Waals surface area contributed by atoms with Gasteiger partial charge in [-0.2, -0.15) is 15.8 Å². The largest absolute Gasteiger partial charge is 0.423 e. The number of hydrogen-bond donors (Lipinski definition) is 0. The number of fused-ring (bicyclic) bond motifs is 6. The Morgan fingerprint density at radius 3 is 0.821 bits per heavy atom. The van der Waals surface area contributed by atoms with Crippen molar-refractivity contribution in [1.82, 2.24) is 28.7 Å². The van der Waals surface area contributed by atoms with E-state index in [-0.39, 0.29) is 67.4 Å². The van der Waals surface area contributed by atoms with Gasteiger partial charge in [0.2, 0.25) is 0 Å². The van der Waals surface area contributed by atoms with Crippen LogP contribution in [0.1, 0.15) is 16.7 Å². The Labute approximate surface area is 434 Å². The van der Waals surface area contributed by atoms with Gasteiger partial charge in [0.1, 0.15) is 85.3 Å². The minimum Gasteiger partial charge on any atom is -0.423 e. The third-order valence-corrected chi connectivity index (χ3v) is 11.9. The van der Waals surface area contributed by atoms with Crippen LogP contribution in [-0.2, 0) is 14.4 Å². The van der Waals surface area contributed by atoms with Crippen molar-refractivity contribution in [2.45, 2.75) is 0 Å². The number of carbonyl (C=O) groups is 3. The van der Waals surface area contributed by atoms with E-state index < -0.39 is 104 Å². The van der Waals surface area contributed by atoms with Gasteiger partial charge in [-0.1, -0.05) is 19.7 Å². The first-order valence-corrected chi connectivity index (χ1v) is 22.5. The molecule has 21 heteroatoms. The number of imidazole rings is 3. The number of rotatable bonds is 12. The predicted octanol–water partition coefficient (Wildman–Crippen LogP) is 11.4. The van der Waals surface area contributed by atoms with Crippen molar-refractivity contribution in [2.75, 3.05) is 0 Å². The lowest BCUT2D eigenvalue weighted by Crippen LogP contribution is -2.05. The molecule has 0 radical (unpaired) electrons. The summed E-state index contributed by atoms with van der Waals surface area (Å²) in [6.45, 7) is 10.2. The minimum atomic E-state index is -1.31. The maximum Gasteiger partial charge on any atom is 0.335 e. The SMILES string of the molecule is C=CC(=O)Oc1ccc(-n2c(-c3c(F)cc(C#N)cc3F)nc3c2c2nc(-c4c(F)cc(C#N)cc4F)n(-c4ccc(OC(=O)C=C)cc4)c2c2nc(-c4c(F)cc(C#N)cc4F)n(-c4ccc(OC(=O)C=C)cc4)c32)cc1. The molecule has 10 aromatic rings. The second-order valence-electron chi connectivity index (χ2n) is 16.5. The van der Waals surface area contributed by atoms with Crippen LogP contribution in [0, 0.1) is 68.9 Å². The van der Waals surface area contributed by atoms with Crippen LogP contribution in [0.2, 0.25) is 0 Å². The van der Waals surface area contributed by atoms with E-state index in [4.69, 9.17) is 29.2 Å². The smallest absolute Gasteiger partial charge is 0.335 e. The van der Waals surface area contributed by atoms with Crippen LogP contribution in [0.4, 0.5) is 26.3 Å². The van der Waals surface area contributed by atoms with Crippen molar-refractivity contribution >= 4 is 51.0 Å². The first kappa shape index (κ1) is 50.2. The molecule has 3 heterocycles. The molecule has 0 bridgehead atoms. The monoisotopic (exact) mass is 1050 g/mol. The van der Waals surface area contributed by atoms with E-state index in [0.29, 0.717) is 0 Å². The van der Waals surface area contributed by atoms with E-state index in [9.17, 15) is 30.2 Å². The molecule has 0 amide bonds. The van der Waals surface area contributed by atoms with E-state index in [0.717, 1.165) is 54.6 Å². The first-order chi connectivity index (χ1) is 37.6. The number of halogens is 6. The highest BCUT2D eigenvalue weighted by Gasteiger charge is 2.34. The molecule has 0 atom stereocenters. The summed E-state index contributed by atoms with van der Waals surface area (Å²) in [5.41, 5.74) is -5.43. The van der Waals surface area contributed by atoms with E-state index in [2.05, 4.69) is 19.7 Å².